The molecule has 9 nitrogen and oxygen atoms in total. The van der Waals surface area contributed by atoms with Crippen molar-refractivity contribution in [3.8, 4) is 0 Å². The number of carbonyl (C=O) groups is 3. The van der Waals surface area contributed by atoms with Crippen LogP contribution in [0.15, 0.2) is 122 Å². The summed E-state index contributed by atoms with van der Waals surface area (Å²) in [5.74, 6) is -2.08. The van der Waals surface area contributed by atoms with E-state index in [-0.39, 0.29) is 38.6 Å². The van der Waals surface area contributed by atoms with E-state index in [1.165, 1.54) is 51.4 Å². The summed E-state index contributed by atoms with van der Waals surface area (Å²) in [7, 11) is 5.94. The van der Waals surface area contributed by atoms with Crippen molar-refractivity contribution in [2.45, 2.75) is 206 Å². The van der Waals surface area contributed by atoms with Crippen LogP contribution >= 0.6 is 0 Å². The van der Waals surface area contributed by atoms with Gasteiger partial charge in [-0.15, -0.1) is 0 Å². The normalized spacial score (nSPS) is 13.8. The van der Waals surface area contributed by atoms with Crippen LogP contribution in [0.2, 0.25) is 0 Å². The zero-order valence-corrected chi connectivity index (χ0v) is 45.6. The number of quaternary nitrogens is 1. The van der Waals surface area contributed by atoms with Gasteiger partial charge in [0.05, 0.1) is 34.4 Å². The summed E-state index contributed by atoms with van der Waals surface area (Å²) in [6.45, 7) is 4.67. The summed E-state index contributed by atoms with van der Waals surface area (Å²) < 4.78 is 22.8. The van der Waals surface area contributed by atoms with Gasteiger partial charge in [0, 0.05) is 12.8 Å². The highest BCUT2D eigenvalue weighted by Crippen LogP contribution is 2.13. The highest BCUT2D eigenvalue weighted by molar-refractivity contribution is 5.71. The van der Waals surface area contributed by atoms with Gasteiger partial charge in [0.1, 0.15) is 13.2 Å². The van der Waals surface area contributed by atoms with Gasteiger partial charge in [-0.05, 0) is 109 Å². The predicted molar refractivity (Wildman–Crippen MR) is 299 cm³/mol. The lowest BCUT2D eigenvalue weighted by molar-refractivity contribution is -0.870. The number of likely N-dealkylation sites (N-methyl/N-ethyl adjacent to an activating group) is 1. The van der Waals surface area contributed by atoms with Gasteiger partial charge in [-0.2, -0.15) is 0 Å². The van der Waals surface area contributed by atoms with Crippen molar-refractivity contribution in [3.05, 3.63) is 122 Å². The average Bonchev–Trinajstić information content (AvgIpc) is 3.34. The number of nitrogens with zero attached hydrogens (tertiary/aromatic N) is 1. The molecule has 0 radical (unpaired) electrons. The molecule has 0 aliphatic carbocycles. The molecule has 0 rings (SSSR count). The SMILES string of the molecule is CC/C=C\C/C=C\C/C=C\C/C=C\C/C=C\C/C=C\C/C=C\CCCCCC(=O)OC(COC(=O)CCCCCCCC/C=C\C/C=C\C/C=C\CCCCCCC)COC(OCC[N+](C)(C)C)C(=O)O. The number of allylic oxidation sites excluding steroid dienone is 20. The van der Waals surface area contributed by atoms with Crippen molar-refractivity contribution in [3.63, 3.8) is 0 Å². The second-order valence-electron chi connectivity index (χ2n) is 19.2. The Labute approximate surface area is 434 Å². The van der Waals surface area contributed by atoms with Crippen LogP contribution in [0.25, 0.3) is 0 Å². The molecule has 0 aliphatic rings. The van der Waals surface area contributed by atoms with Gasteiger partial charge >= 0.3 is 17.9 Å². The van der Waals surface area contributed by atoms with Crippen LogP contribution in [0.1, 0.15) is 194 Å². The van der Waals surface area contributed by atoms with Gasteiger partial charge in [0.15, 0.2) is 6.10 Å². The summed E-state index contributed by atoms with van der Waals surface area (Å²) in [6.07, 6.45) is 69.8. The Bertz CT molecular complexity index is 1570. The first-order valence-electron chi connectivity index (χ1n) is 27.7. The molecular formula is C62H102NO8+. The minimum absolute atomic E-state index is 0.171. The second kappa shape index (κ2) is 52.0. The van der Waals surface area contributed by atoms with Crippen molar-refractivity contribution in [2.24, 2.45) is 0 Å². The van der Waals surface area contributed by atoms with Crippen LogP contribution in [-0.4, -0.2) is 87.4 Å². The van der Waals surface area contributed by atoms with Gasteiger partial charge in [0.2, 0.25) is 0 Å². The number of hydrogen-bond donors (Lipinski definition) is 1. The van der Waals surface area contributed by atoms with E-state index in [0.717, 1.165) is 109 Å². The molecule has 0 spiro atoms. The van der Waals surface area contributed by atoms with Gasteiger partial charge in [-0.3, -0.25) is 9.59 Å². The fourth-order valence-electron chi connectivity index (χ4n) is 6.94. The molecule has 9 heteroatoms. The molecule has 0 saturated heterocycles. The topological polar surface area (TPSA) is 108 Å². The van der Waals surface area contributed by atoms with Crippen LogP contribution < -0.4 is 0 Å². The fourth-order valence-corrected chi connectivity index (χ4v) is 6.94. The minimum atomic E-state index is -1.53. The Hall–Kier alpha value is -4.31. The number of carbonyl (C=O) groups excluding carboxylic acids is 2. The van der Waals surface area contributed by atoms with Crippen LogP contribution in [0.3, 0.4) is 0 Å². The van der Waals surface area contributed by atoms with E-state index < -0.39 is 24.3 Å². The molecular weight excluding hydrogens is 887 g/mol. The smallest absolute Gasteiger partial charge is 0.361 e. The molecule has 0 aliphatic heterocycles. The van der Waals surface area contributed by atoms with E-state index in [4.69, 9.17) is 18.9 Å². The number of aliphatic carboxylic acids is 1. The van der Waals surface area contributed by atoms with Gasteiger partial charge in [0.25, 0.3) is 6.29 Å². The number of ether oxygens (including phenoxy) is 4. The third-order valence-electron chi connectivity index (χ3n) is 11.2. The summed E-state index contributed by atoms with van der Waals surface area (Å²) >= 11 is 0. The van der Waals surface area contributed by atoms with Gasteiger partial charge < -0.3 is 28.5 Å². The Morgan fingerprint density at radius 1 is 0.437 bits per heavy atom. The van der Waals surface area contributed by atoms with Crippen molar-refractivity contribution in [2.75, 3.05) is 47.5 Å². The lowest BCUT2D eigenvalue weighted by Crippen LogP contribution is -2.40. The van der Waals surface area contributed by atoms with E-state index in [2.05, 4.69) is 135 Å². The summed E-state index contributed by atoms with van der Waals surface area (Å²) in [6, 6.07) is 0. The molecule has 0 aromatic heterocycles. The number of carboxylic acids is 1. The first-order valence-corrected chi connectivity index (χ1v) is 27.7. The standard InChI is InChI=1S/C62H101NO8/c1-6-8-10-12-14-16-18-20-22-24-26-28-29-30-31-33-35-37-39-41-43-45-47-49-51-53-60(65)71-58(57-70-62(61(66)67)68-55-54-63(3,4)5)56-69-59(64)52-50-48-46-44-42-40-38-36-34-32-27-25-23-21-19-17-15-13-11-9-7-2/h8,10,14,16,19-22,25-28,30-31,34-37,41,43,58,62H,6-7,9,11-13,15,17-18,23-24,29,32-33,38-40,42,44-57H2,1-5H3/p+1/b10-8-,16-14-,21-19-,22-20-,27-25-,28-26-,31-30-,36-34-,37-35-,43-41-. The lowest BCUT2D eigenvalue weighted by Gasteiger charge is -2.25. The third kappa shape index (κ3) is 53.3. The van der Waals surface area contributed by atoms with Crippen LogP contribution in [-0.2, 0) is 33.3 Å². The zero-order chi connectivity index (χ0) is 52.0. The molecule has 402 valence electrons. The third-order valence-corrected chi connectivity index (χ3v) is 11.2. The Balaban J connectivity index is 4.44. The quantitative estimate of drug-likeness (QED) is 0.0211. The van der Waals surface area contributed by atoms with E-state index in [9.17, 15) is 19.5 Å². The van der Waals surface area contributed by atoms with Gasteiger partial charge in [-0.1, -0.05) is 193 Å². The maximum Gasteiger partial charge on any atom is 0.361 e. The Morgan fingerprint density at radius 3 is 1.21 bits per heavy atom. The first-order chi connectivity index (χ1) is 34.6. The number of rotatable bonds is 49. The molecule has 0 aromatic rings. The number of hydrogen-bond acceptors (Lipinski definition) is 7. The highest BCUT2D eigenvalue weighted by Gasteiger charge is 2.25. The van der Waals surface area contributed by atoms with Crippen LogP contribution in [0, 0.1) is 0 Å². The predicted octanol–water partition coefficient (Wildman–Crippen LogP) is 16.1. The van der Waals surface area contributed by atoms with Crippen molar-refractivity contribution < 1.29 is 42.9 Å². The molecule has 0 saturated carbocycles. The van der Waals surface area contributed by atoms with Gasteiger partial charge in [-0.25, -0.2) is 4.79 Å². The first kappa shape index (κ1) is 66.7. The summed E-state index contributed by atoms with van der Waals surface area (Å²) in [4.78, 5) is 37.4. The van der Waals surface area contributed by atoms with E-state index >= 15 is 0 Å². The molecule has 0 bridgehead atoms. The second-order valence-corrected chi connectivity index (χ2v) is 19.2. The Morgan fingerprint density at radius 2 is 0.803 bits per heavy atom. The summed E-state index contributed by atoms with van der Waals surface area (Å²) in [5.41, 5.74) is 0. The largest absolute Gasteiger partial charge is 0.477 e. The average molecular weight is 989 g/mol. The number of unbranched alkanes of at least 4 members (excludes halogenated alkanes) is 14. The highest BCUT2D eigenvalue weighted by atomic mass is 16.7. The van der Waals surface area contributed by atoms with Crippen molar-refractivity contribution in [1.29, 1.82) is 0 Å². The molecule has 71 heavy (non-hydrogen) atoms. The molecule has 1 N–H and O–H groups in total. The lowest BCUT2D eigenvalue weighted by atomic mass is 10.1. The fraction of sp³-hybridized carbons (Fsp3) is 0.629. The van der Waals surface area contributed by atoms with Crippen LogP contribution in [0.5, 0.6) is 0 Å². The van der Waals surface area contributed by atoms with E-state index in [1.54, 1.807) is 0 Å². The number of carboxylic acid groups (broad SMARTS) is 1. The monoisotopic (exact) mass is 989 g/mol. The molecule has 0 heterocycles. The maximum absolute atomic E-state index is 12.9. The Kier molecular flexibility index (Phi) is 48.9. The molecule has 2 atom stereocenters. The van der Waals surface area contributed by atoms with E-state index in [1.807, 2.05) is 21.1 Å². The maximum atomic E-state index is 12.9. The summed E-state index contributed by atoms with van der Waals surface area (Å²) in [5, 5.41) is 9.69. The van der Waals surface area contributed by atoms with Crippen molar-refractivity contribution >= 4 is 17.9 Å². The van der Waals surface area contributed by atoms with Crippen molar-refractivity contribution in [1.82, 2.24) is 0 Å². The number of esters is 2. The minimum Gasteiger partial charge on any atom is -0.477 e. The molecule has 2 unspecified atom stereocenters. The molecule has 0 fully saturated rings. The van der Waals surface area contributed by atoms with E-state index in [0.29, 0.717) is 17.4 Å². The molecule has 0 aromatic carbocycles. The molecule has 0 amide bonds. The van der Waals surface area contributed by atoms with Crippen LogP contribution in [0.4, 0.5) is 0 Å². The zero-order valence-electron chi connectivity index (χ0n) is 45.6.